The largest absolute Gasteiger partial charge is 0.632 e. The molecule has 1 aliphatic carbocycles. The topological polar surface area (TPSA) is 61.7 Å². The van der Waals surface area contributed by atoms with Crippen molar-refractivity contribution >= 4 is 17.4 Å². The molecule has 1 saturated carbocycles. The van der Waals surface area contributed by atoms with Gasteiger partial charge in [0, 0.05) is 25.7 Å². The number of hydroxylamine groups is 3. The summed E-state index contributed by atoms with van der Waals surface area (Å²) < 4.78 is 5.82. The molecule has 5 heterocycles. The quantitative estimate of drug-likeness (QED) is 0.338. The molecule has 7 rings (SSSR count). The molecule has 5 fully saturated rings. The SMILES string of the molecule is C/C=C1/C[N@@+]2([O-])[C@H]3C[C@@H]1[C@H]1[C@@H](OC(C)=O)[C@@]4(C[C@@H]12)C3=Nc1ccccc14. The van der Waals surface area contributed by atoms with Crippen LogP contribution in [0.3, 0.4) is 0 Å². The Morgan fingerprint density at radius 2 is 2.23 bits per heavy atom. The van der Waals surface area contributed by atoms with Crippen LogP contribution in [0.1, 0.15) is 32.3 Å². The number of aliphatic imine (C=N–C) groups is 1. The summed E-state index contributed by atoms with van der Waals surface area (Å²) in [6, 6.07) is 8.10. The van der Waals surface area contributed by atoms with Crippen molar-refractivity contribution < 1.29 is 14.2 Å². The van der Waals surface area contributed by atoms with Gasteiger partial charge in [-0.25, -0.2) is 0 Å². The minimum absolute atomic E-state index is 0.0110. The third kappa shape index (κ3) is 1.41. The number of esters is 1. The van der Waals surface area contributed by atoms with E-state index in [1.165, 1.54) is 12.5 Å². The molecule has 5 aliphatic heterocycles. The van der Waals surface area contributed by atoms with E-state index in [4.69, 9.17) is 9.73 Å². The molecule has 4 saturated heterocycles. The second-order valence-corrected chi connectivity index (χ2v) is 8.60. The fraction of sp³-hybridized carbons (Fsp3) is 0.524. The molecule has 0 amide bonds. The maximum absolute atomic E-state index is 14.1. The molecular formula is C21H22N2O3. The fourth-order valence-corrected chi connectivity index (χ4v) is 7.06. The number of ether oxygens (including phenoxy) is 1. The number of carbonyl (C=O) groups is 1. The lowest BCUT2D eigenvalue weighted by atomic mass is 9.66. The molecule has 1 aromatic rings. The number of piperidine rings is 4. The van der Waals surface area contributed by atoms with Crippen molar-refractivity contribution in [3.8, 4) is 0 Å². The lowest BCUT2D eigenvalue weighted by Crippen LogP contribution is -2.73. The van der Waals surface area contributed by atoms with Gasteiger partial charge in [-0.05, 0) is 24.1 Å². The van der Waals surface area contributed by atoms with Crippen molar-refractivity contribution in [2.24, 2.45) is 16.8 Å². The van der Waals surface area contributed by atoms with Crippen LogP contribution in [0.25, 0.3) is 0 Å². The summed E-state index contributed by atoms with van der Waals surface area (Å²) in [5.74, 6) is 0.189. The zero-order valence-electron chi connectivity index (χ0n) is 15.0. The summed E-state index contributed by atoms with van der Waals surface area (Å²) in [6.45, 7) is 4.09. The van der Waals surface area contributed by atoms with Crippen molar-refractivity contribution in [3.63, 3.8) is 0 Å². The Kier molecular flexibility index (Phi) is 2.59. The summed E-state index contributed by atoms with van der Waals surface area (Å²) >= 11 is 0. The van der Waals surface area contributed by atoms with Crippen molar-refractivity contribution in [1.29, 1.82) is 0 Å². The van der Waals surface area contributed by atoms with Crippen LogP contribution < -0.4 is 0 Å². The van der Waals surface area contributed by atoms with Gasteiger partial charge >= 0.3 is 5.97 Å². The normalized spacial score (nSPS) is 47.7. The summed E-state index contributed by atoms with van der Waals surface area (Å²) in [5.41, 5.74) is 3.99. The molecule has 6 aliphatic rings. The van der Waals surface area contributed by atoms with Gasteiger partial charge in [0.15, 0.2) is 0 Å². The molecule has 5 heteroatoms. The molecule has 0 unspecified atom stereocenters. The standard InChI is InChI=1S/C21H22N2O3/c1-3-12-10-23(25)16-8-13(12)18-17(23)9-21(20(18)26-11(2)24)14-6-4-5-7-15(14)22-19(16)21/h3-7,13,16-18,20H,8-10H2,1-2H3/b12-3-/t13-,16-,17-,18+,20+,21+,23+/m0/s1. The Hall–Kier alpha value is -1.98. The Morgan fingerprint density at radius 1 is 1.42 bits per heavy atom. The highest BCUT2D eigenvalue weighted by molar-refractivity contribution is 6.07. The van der Waals surface area contributed by atoms with Crippen LogP contribution in [0.5, 0.6) is 0 Å². The van der Waals surface area contributed by atoms with Crippen LogP contribution >= 0.6 is 0 Å². The van der Waals surface area contributed by atoms with Gasteiger partial charge in [-0.2, -0.15) is 0 Å². The molecule has 0 N–H and O–H groups in total. The maximum Gasteiger partial charge on any atom is 0.302 e. The molecule has 1 spiro atoms. The van der Waals surface area contributed by atoms with Crippen LogP contribution in [-0.4, -0.2) is 41.1 Å². The average molecular weight is 350 g/mol. The molecule has 0 radical (unpaired) electrons. The molecule has 134 valence electrons. The van der Waals surface area contributed by atoms with E-state index in [0.29, 0.717) is 12.5 Å². The van der Waals surface area contributed by atoms with E-state index in [-0.39, 0.29) is 40.1 Å². The number of rotatable bonds is 1. The Bertz CT molecular complexity index is 922. The van der Waals surface area contributed by atoms with E-state index in [1.54, 1.807) is 0 Å². The number of para-hydroxylation sites is 1. The van der Waals surface area contributed by atoms with Crippen LogP contribution in [0.2, 0.25) is 0 Å². The fourth-order valence-electron chi connectivity index (χ4n) is 7.06. The molecule has 1 aromatic carbocycles. The highest BCUT2D eigenvalue weighted by Crippen LogP contribution is 2.68. The van der Waals surface area contributed by atoms with E-state index in [0.717, 1.165) is 29.8 Å². The monoisotopic (exact) mass is 350 g/mol. The van der Waals surface area contributed by atoms with Crippen LogP contribution in [-0.2, 0) is 14.9 Å². The third-order valence-electron chi connectivity index (χ3n) is 7.81. The van der Waals surface area contributed by atoms with Crippen LogP contribution in [0.4, 0.5) is 5.69 Å². The predicted octanol–water partition coefficient (Wildman–Crippen LogP) is 3.01. The minimum Gasteiger partial charge on any atom is -0.632 e. The van der Waals surface area contributed by atoms with E-state index in [2.05, 4.69) is 12.1 Å². The highest BCUT2D eigenvalue weighted by Gasteiger charge is 2.78. The number of hydrogen-bond acceptors (Lipinski definition) is 4. The zero-order chi connectivity index (χ0) is 17.8. The van der Waals surface area contributed by atoms with Gasteiger partial charge in [0.2, 0.25) is 0 Å². The van der Waals surface area contributed by atoms with E-state index < -0.39 is 0 Å². The molecule has 5 nitrogen and oxygen atoms in total. The maximum atomic E-state index is 14.1. The van der Waals surface area contributed by atoms with Crippen LogP contribution in [0, 0.1) is 17.0 Å². The van der Waals surface area contributed by atoms with Crippen molar-refractivity contribution in [2.45, 2.75) is 50.3 Å². The molecule has 26 heavy (non-hydrogen) atoms. The molecule has 0 aromatic heterocycles. The number of hydrogen-bond donors (Lipinski definition) is 0. The number of nitrogens with zero attached hydrogens (tertiary/aromatic N) is 2. The number of benzene rings is 1. The highest BCUT2D eigenvalue weighted by atomic mass is 16.6. The average Bonchev–Trinajstić information content (AvgIpc) is 3.08. The second kappa shape index (κ2) is 4.46. The Labute approximate surface area is 152 Å². The van der Waals surface area contributed by atoms with Gasteiger partial charge in [-0.1, -0.05) is 24.3 Å². The molecular weight excluding hydrogens is 328 g/mol. The van der Waals surface area contributed by atoms with Gasteiger partial charge in [-0.3, -0.25) is 9.79 Å². The minimum atomic E-state index is -0.383. The van der Waals surface area contributed by atoms with Gasteiger partial charge in [-0.15, -0.1) is 0 Å². The van der Waals surface area contributed by atoms with E-state index in [9.17, 15) is 10.0 Å². The molecule has 7 atom stereocenters. The summed E-state index contributed by atoms with van der Waals surface area (Å²) in [6.07, 6.45) is 3.45. The van der Waals surface area contributed by atoms with E-state index >= 15 is 0 Å². The van der Waals surface area contributed by atoms with Crippen molar-refractivity contribution in [3.05, 3.63) is 46.7 Å². The van der Waals surface area contributed by atoms with Crippen molar-refractivity contribution in [1.82, 2.24) is 0 Å². The first-order valence-electron chi connectivity index (χ1n) is 9.60. The van der Waals surface area contributed by atoms with Gasteiger partial charge in [0.05, 0.1) is 28.8 Å². The summed E-state index contributed by atoms with van der Waals surface area (Å²) in [7, 11) is 0. The van der Waals surface area contributed by atoms with Gasteiger partial charge in [0.25, 0.3) is 0 Å². The lowest BCUT2D eigenvalue weighted by molar-refractivity contribution is -0.934. The van der Waals surface area contributed by atoms with Gasteiger partial charge in [0.1, 0.15) is 18.7 Å². The first-order valence-corrected chi connectivity index (χ1v) is 9.60. The summed E-state index contributed by atoms with van der Waals surface area (Å²) in [4.78, 5) is 17.0. The smallest absolute Gasteiger partial charge is 0.302 e. The third-order valence-corrected chi connectivity index (χ3v) is 7.81. The Balaban J connectivity index is 1.64. The lowest BCUT2D eigenvalue weighted by Gasteiger charge is -2.65. The van der Waals surface area contributed by atoms with E-state index in [1.807, 2.05) is 25.1 Å². The number of quaternary nitrogens is 1. The number of fused-ring (bicyclic) bond motifs is 2. The predicted molar refractivity (Wildman–Crippen MR) is 96.8 cm³/mol. The first-order chi connectivity index (χ1) is 12.5. The number of carbonyl (C=O) groups excluding carboxylic acids is 1. The molecule has 5 bridgehead atoms. The zero-order valence-corrected chi connectivity index (χ0v) is 15.0. The van der Waals surface area contributed by atoms with Crippen molar-refractivity contribution in [2.75, 3.05) is 6.54 Å². The Morgan fingerprint density at radius 3 is 3.00 bits per heavy atom. The number of allylic oxidation sites excluding steroid dienone is 1. The van der Waals surface area contributed by atoms with Gasteiger partial charge < -0.3 is 14.6 Å². The first kappa shape index (κ1) is 15.1. The summed E-state index contributed by atoms with van der Waals surface area (Å²) in [5, 5.41) is 14.1. The van der Waals surface area contributed by atoms with Crippen LogP contribution in [0.15, 0.2) is 40.9 Å². The second-order valence-electron chi connectivity index (χ2n) is 8.60.